The Bertz CT molecular complexity index is 257. The Kier molecular flexibility index (Phi) is 2.79. The molecule has 0 saturated heterocycles. The second kappa shape index (κ2) is 3.92. The molecule has 0 unspecified atom stereocenters. The summed E-state index contributed by atoms with van der Waals surface area (Å²) in [5, 5.41) is 4.15. The van der Waals surface area contributed by atoms with Gasteiger partial charge in [-0.2, -0.15) is 11.3 Å². The van der Waals surface area contributed by atoms with Crippen molar-refractivity contribution in [1.29, 1.82) is 0 Å². The summed E-state index contributed by atoms with van der Waals surface area (Å²) in [6, 6.07) is 2.07. The number of allylic oxidation sites excluding steroid dienone is 1. The number of rotatable bonds is 1. The predicted molar refractivity (Wildman–Crippen MR) is 46.8 cm³/mol. The average Bonchev–Trinajstić information content (AvgIpc) is 2.41. The highest BCUT2D eigenvalue weighted by Crippen LogP contribution is 2.06. The van der Waals surface area contributed by atoms with E-state index < -0.39 is 0 Å². The molecular weight excluding hydrogens is 140 g/mol. The fraction of sp³-hybridized carbons (Fsp3) is 0.111. The molecule has 0 aliphatic heterocycles. The largest absolute Gasteiger partial charge is 0.152 e. The summed E-state index contributed by atoms with van der Waals surface area (Å²) in [7, 11) is 0. The lowest BCUT2D eigenvalue weighted by atomic mass is 10.3. The zero-order chi connectivity index (χ0) is 7.23. The van der Waals surface area contributed by atoms with Crippen LogP contribution in [-0.2, 0) is 0 Å². The Balaban J connectivity index is 2.61. The predicted octanol–water partition coefficient (Wildman–Crippen LogP) is 2.78. The third kappa shape index (κ3) is 2.08. The summed E-state index contributed by atoms with van der Waals surface area (Å²) in [6.07, 6.45) is 3.87. The first-order valence-electron chi connectivity index (χ1n) is 3.04. The molecule has 10 heavy (non-hydrogen) atoms. The molecule has 1 heteroatoms. The van der Waals surface area contributed by atoms with E-state index in [-0.39, 0.29) is 0 Å². The molecular formula is C9H8S. The maximum atomic E-state index is 2.86. The highest BCUT2D eigenvalue weighted by atomic mass is 32.1. The molecule has 0 nitrogen and oxygen atoms in total. The third-order valence-corrected chi connectivity index (χ3v) is 1.75. The summed E-state index contributed by atoms with van der Waals surface area (Å²) in [4.78, 5) is 0. The van der Waals surface area contributed by atoms with E-state index in [1.165, 1.54) is 5.56 Å². The zero-order valence-electron chi connectivity index (χ0n) is 5.79. The van der Waals surface area contributed by atoms with Crippen LogP contribution in [0.4, 0.5) is 0 Å². The maximum Gasteiger partial charge on any atom is -0.00205 e. The van der Waals surface area contributed by atoms with Gasteiger partial charge in [0, 0.05) is 0 Å². The molecule has 0 amide bonds. The second-order valence-electron chi connectivity index (χ2n) is 1.78. The standard InChI is InChI=1S/C9H8S/c1-2-3-4-5-9-6-7-10-8-9/h4-8H,1H3/b5-4-. The first-order valence-corrected chi connectivity index (χ1v) is 3.99. The van der Waals surface area contributed by atoms with Gasteiger partial charge in [0.05, 0.1) is 0 Å². The smallest absolute Gasteiger partial charge is 0.00205 e. The molecule has 0 atom stereocenters. The number of hydrogen-bond donors (Lipinski definition) is 0. The number of thiophene rings is 1. The topological polar surface area (TPSA) is 0 Å². The maximum absolute atomic E-state index is 2.86. The van der Waals surface area contributed by atoms with Crippen LogP contribution in [0.3, 0.4) is 0 Å². The van der Waals surface area contributed by atoms with Crippen LogP contribution in [-0.4, -0.2) is 0 Å². The minimum absolute atomic E-state index is 1.23. The summed E-state index contributed by atoms with van der Waals surface area (Å²) < 4.78 is 0. The molecule has 0 radical (unpaired) electrons. The molecule has 0 N–H and O–H groups in total. The highest BCUT2D eigenvalue weighted by molar-refractivity contribution is 7.08. The van der Waals surface area contributed by atoms with E-state index in [9.17, 15) is 0 Å². The van der Waals surface area contributed by atoms with Crippen molar-refractivity contribution >= 4 is 17.4 Å². The summed E-state index contributed by atoms with van der Waals surface area (Å²) in [6.45, 7) is 1.83. The van der Waals surface area contributed by atoms with Gasteiger partial charge in [-0.25, -0.2) is 0 Å². The molecule has 0 fully saturated rings. The van der Waals surface area contributed by atoms with Gasteiger partial charge >= 0.3 is 0 Å². The van der Waals surface area contributed by atoms with Crippen molar-refractivity contribution in [2.75, 3.05) is 0 Å². The van der Waals surface area contributed by atoms with Gasteiger partial charge < -0.3 is 0 Å². The van der Waals surface area contributed by atoms with Gasteiger partial charge in [0.1, 0.15) is 0 Å². The minimum Gasteiger partial charge on any atom is -0.152 e. The van der Waals surface area contributed by atoms with Crippen molar-refractivity contribution in [3.05, 3.63) is 28.5 Å². The van der Waals surface area contributed by atoms with Crippen LogP contribution >= 0.6 is 11.3 Å². The van der Waals surface area contributed by atoms with E-state index in [0.717, 1.165) is 0 Å². The monoisotopic (exact) mass is 148 g/mol. The first-order chi connectivity index (χ1) is 4.93. The molecule has 50 valence electrons. The van der Waals surface area contributed by atoms with Crippen molar-refractivity contribution < 1.29 is 0 Å². The van der Waals surface area contributed by atoms with E-state index in [4.69, 9.17) is 0 Å². The van der Waals surface area contributed by atoms with Crippen LogP contribution in [0.25, 0.3) is 6.08 Å². The normalized spacial score (nSPS) is 9.30. The highest BCUT2D eigenvalue weighted by Gasteiger charge is 1.80. The molecule has 0 spiro atoms. The van der Waals surface area contributed by atoms with Crippen LogP contribution in [0.1, 0.15) is 12.5 Å². The van der Waals surface area contributed by atoms with E-state index in [2.05, 4.69) is 28.7 Å². The van der Waals surface area contributed by atoms with Crippen LogP contribution < -0.4 is 0 Å². The van der Waals surface area contributed by atoms with Gasteiger partial charge in [-0.1, -0.05) is 5.92 Å². The van der Waals surface area contributed by atoms with Gasteiger partial charge in [0.25, 0.3) is 0 Å². The van der Waals surface area contributed by atoms with Crippen LogP contribution in [0.5, 0.6) is 0 Å². The molecule has 0 aromatic carbocycles. The summed E-state index contributed by atoms with van der Waals surface area (Å²) in [5.74, 6) is 5.66. The summed E-state index contributed by atoms with van der Waals surface area (Å²) >= 11 is 1.70. The van der Waals surface area contributed by atoms with Gasteiger partial charge in [-0.15, -0.1) is 5.92 Å². The fourth-order valence-corrected chi connectivity index (χ4v) is 1.22. The van der Waals surface area contributed by atoms with Crippen molar-refractivity contribution in [3.63, 3.8) is 0 Å². The molecule has 0 saturated carbocycles. The Labute approximate surface area is 65.2 Å². The van der Waals surface area contributed by atoms with Crippen molar-refractivity contribution in [3.8, 4) is 11.8 Å². The summed E-state index contributed by atoms with van der Waals surface area (Å²) in [5.41, 5.74) is 1.23. The lowest BCUT2D eigenvalue weighted by molar-refractivity contribution is 1.87. The molecule has 1 aromatic rings. The molecule has 0 bridgehead atoms. The van der Waals surface area contributed by atoms with E-state index in [1.54, 1.807) is 11.3 Å². The van der Waals surface area contributed by atoms with E-state index in [1.807, 2.05) is 19.1 Å². The van der Waals surface area contributed by atoms with E-state index in [0.29, 0.717) is 0 Å². The van der Waals surface area contributed by atoms with E-state index >= 15 is 0 Å². The Morgan fingerprint density at radius 1 is 1.60 bits per heavy atom. The molecule has 1 heterocycles. The Morgan fingerprint density at radius 3 is 3.10 bits per heavy atom. The Hall–Kier alpha value is -1.00. The van der Waals surface area contributed by atoms with Crippen LogP contribution in [0, 0.1) is 11.8 Å². The second-order valence-corrected chi connectivity index (χ2v) is 2.56. The average molecular weight is 148 g/mol. The minimum atomic E-state index is 1.23. The third-order valence-electron chi connectivity index (χ3n) is 1.05. The zero-order valence-corrected chi connectivity index (χ0v) is 6.61. The molecule has 1 aromatic heterocycles. The van der Waals surface area contributed by atoms with Gasteiger partial charge in [-0.05, 0) is 41.5 Å². The SMILES string of the molecule is CC#C/C=C\c1ccsc1. The van der Waals surface area contributed by atoms with Crippen LogP contribution in [0.2, 0.25) is 0 Å². The Morgan fingerprint density at radius 2 is 2.50 bits per heavy atom. The van der Waals surface area contributed by atoms with Gasteiger partial charge in [0.2, 0.25) is 0 Å². The van der Waals surface area contributed by atoms with Crippen molar-refractivity contribution in [1.82, 2.24) is 0 Å². The van der Waals surface area contributed by atoms with Crippen LogP contribution in [0.15, 0.2) is 22.9 Å². The molecule has 0 aliphatic carbocycles. The first kappa shape index (κ1) is 7.11. The lowest BCUT2D eigenvalue weighted by Gasteiger charge is -1.75. The lowest BCUT2D eigenvalue weighted by Crippen LogP contribution is -1.56. The quantitative estimate of drug-likeness (QED) is 0.537. The fourth-order valence-electron chi connectivity index (χ4n) is 0.591. The van der Waals surface area contributed by atoms with Gasteiger partial charge in [0.15, 0.2) is 0 Å². The molecule has 0 aliphatic rings. The van der Waals surface area contributed by atoms with Crippen molar-refractivity contribution in [2.45, 2.75) is 6.92 Å². The number of hydrogen-bond acceptors (Lipinski definition) is 1. The van der Waals surface area contributed by atoms with Gasteiger partial charge in [-0.3, -0.25) is 0 Å². The molecule has 1 rings (SSSR count). The van der Waals surface area contributed by atoms with Crippen molar-refractivity contribution in [2.24, 2.45) is 0 Å².